The molecule has 0 radical (unpaired) electrons. The molecule has 1 aliphatic heterocycles. The van der Waals surface area contributed by atoms with Gasteiger partial charge in [0.2, 0.25) is 23.6 Å². The number of likely N-dealkylation sites (tertiary alicyclic amines) is 1. The fourth-order valence-electron chi connectivity index (χ4n) is 7.42. The number of amides is 4. The molecule has 0 aliphatic carbocycles. The molecule has 0 saturated carbocycles. The molecule has 12 heteroatoms. The zero-order chi connectivity index (χ0) is 38.6. The van der Waals surface area contributed by atoms with Gasteiger partial charge in [0.15, 0.2) is 0 Å². The molecule has 1 aromatic carbocycles. The number of rotatable bonds is 20. The predicted molar refractivity (Wildman–Crippen MR) is 200 cm³/mol. The minimum Gasteiger partial charge on any atom is -0.386 e. The highest BCUT2D eigenvalue weighted by Gasteiger charge is 2.43. The summed E-state index contributed by atoms with van der Waals surface area (Å²) in [6.45, 7) is 15.9. The number of methoxy groups -OCH3 is 2. The topological polar surface area (TPSA) is 150 Å². The molecule has 1 aliphatic rings. The average Bonchev–Trinajstić information content (AvgIpc) is 3.59. The van der Waals surface area contributed by atoms with E-state index >= 15 is 0 Å². The summed E-state index contributed by atoms with van der Waals surface area (Å²) in [4.78, 5) is 58.3. The van der Waals surface area contributed by atoms with Crippen molar-refractivity contribution in [3.63, 3.8) is 0 Å². The van der Waals surface area contributed by atoms with E-state index in [9.17, 15) is 24.3 Å². The van der Waals surface area contributed by atoms with E-state index in [0.717, 1.165) is 12.8 Å². The van der Waals surface area contributed by atoms with E-state index in [4.69, 9.17) is 9.47 Å². The minimum absolute atomic E-state index is 0.0148. The van der Waals surface area contributed by atoms with Crippen LogP contribution in [0.5, 0.6) is 0 Å². The first kappa shape index (κ1) is 44.1. The lowest BCUT2D eigenvalue weighted by Crippen LogP contribution is -2.59. The zero-order valence-electron chi connectivity index (χ0n) is 33.1. The van der Waals surface area contributed by atoms with Crippen LogP contribution in [0.4, 0.5) is 0 Å². The van der Waals surface area contributed by atoms with E-state index in [1.165, 1.54) is 0 Å². The molecule has 0 bridgehead atoms. The Hall–Kier alpha value is -3.06. The van der Waals surface area contributed by atoms with Crippen molar-refractivity contribution in [1.29, 1.82) is 0 Å². The molecule has 0 spiro atoms. The van der Waals surface area contributed by atoms with Gasteiger partial charge in [-0.05, 0) is 50.1 Å². The van der Waals surface area contributed by atoms with Crippen LogP contribution in [0.1, 0.15) is 92.7 Å². The molecule has 51 heavy (non-hydrogen) atoms. The molecule has 1 heterocycles. The molecule has 0 aromatic heterocycles. The van der Waals surface area contributed by atoms with E-state index in [-0.39, 0.29) is 53.8 Å². The first-order valence-corrected chi connectivity index (χ1v) is 18.7. The van der Waals surface area contributed by atoms with Crippen molar-refractivity contribution in [1.82, 2.24) is 25.8 Å². The highest BCUT2D eigenvalue weighted by atomic mass is 16.5. The third kappa shape index (κ3) is 11.5. The monoisotopic (exact) mass is 718 g/mol. The summed E-state index contributed by atoms with van der Waals surface area (Å²) in [5, 5.41) is 19.8. The van der Waals surface area contributed by atoms with Gasteiger partial charge in [-0.3, -0.25) is 19.2 Å². The summed E-state index contributed by atoms with van der Waals surface area (Å²) >= 11 is 0. The lowest BCUT2D eigenvalue weighted by molar-refractivity contribution is -0.148. The molecule has 290 valence electrons. The molecule has 4 N–H and O–H groups in total. The first-order valence-electron chi connectivity index (χ1n) is 18.7. The number of hydrogen-bond acceptors (Lipinski definition) is 8. The predicted octanol–water partition coefficient (Wildman–Crippen LogP) is 3.53. The SMILES string of the molecule is CC[C@H](C)[C@@H](C(CC(=O)N1CCC[C@H]1C(OC)[C@@H](C)C(=O)NC(C)C(O)c1ccccc1)OC)N(C)C(=O)[C@@H](NC(=O)[C@@H](NC)C(C)C)C(C)C. The van der Waals surface area contributed by atoms with E-state index in [1.54, 1.807) is 52.0 Å². The third-order valence-electron chi connectivity index (χ3n) is 10.7. The smallest absolute Gasteiger partial charge is 0.245 e. The van der Waals surface area contributed by atoms with E-state index in [1.807, 2.05) is 71.9 Å². The highest BCUT2D eigenvalue weighted by Crippen LogP contribution is 2.30. The Morgan fingerprint density at radius 2 is 1.53 bits per heavy atom. The standard InChI is InChI=1S/C39H67N5O7/c1-13-25(6)34(43(10)39(49)33(24(4)5)42-38(48)32(40-9)23(2)3)30(50-11)22-31(45)44-21-17-20-29(44)36(51-12)26(7)37(47)41-27(8)35(46)28-18-15-14-16-19-28/h14-16,18-19,23-27,29-30,32-36,40,46H,13,17,20-22H2,1-12H3,(H,41,47)(H,42,48)/t25-,26+,27?,29-,30?,32-,33-,34-,35?,36?/m0/s1. The molecule has 10 atom stereocenters. The summed E-state index contributed by atoms with van der Waals surface area (Å²) in [6, 6.07) is 6.67. The quantitative estimate of drug-likeness (QED) is 0.160. The second-order valence-corrected chi connectivity index (χ2v) is 15.0. The number of aliphatic hydroxyl groups is 1. The molecule has 2 rings (SSSR count). The van der Waals surface area contributed by atoms with Crippen molar-refractivity contribution in [3.05, 3.63) is 35.9 Å². The summed E-state index contributed by atoms with van der Waals surface area (Å²) in [5.41, 5.74) is 0.711. The van der Waals surface area contributed by atoms with Crippen LogP contribution in [0.15, 0.2) is 30.3 Å². The lowest BCUT2D eigenvalue weighted by atomic mass is 9.89. The van der Waals surface area contributed by atoms with Crippen LogP contribution >= 0.6 is 0 Å². The maximum absolute atomic E-state index is 14.1. The van der Waals surface area contributed by atoms with Crippen molar-refractivity contribution in [2.24, 2.45) is 23.7 Å². The van der Waals surface area contributed by atoms with Crippen LogP contribution in [0.25, 0.3) is 0 Å². The number of aliphatic hydroxyl groups excluding tert-OH is 1. The third-order valence-corrected chi connectivity index (χ3v) is 10.7. The van der Waals surface area contributed by atoms with Gasteiger partial charge in [0.05, 0.1) is 54.8 Å². The number of likely N-dealkylation sites (N-methyl/N-ethyl adjacent to an activating group) is 2. The summed E-state index contributed by atoms with van der Waals surface area (Å²) < 4.78 is 11.9. The van der Waals surface area contributed by atoms with Gasteiger partial charge in [-0.2, -0.15) is 0 Å². The molecule has 1 aromatic rings. The van der Waals surface area contributed by atoms with Crippen LogP contribution in [0.2, 0.25) is 0 Å². The number of carbonyl (C=O) groups is 4. The van der Waals surface area contributed by atoms with Gasteiger partial charge in [-0.15, -0.1) is 0 Å². The molecule has 4 unspecified atom stereocenters. The van der Waals surface area contributed by atoms with Crippen LogP contribution in [0, 0.1) is 23.7 Å². The van der Waals surface area contributed by atoms with E-state index in [0.29, 0.717) is 18.5 Å². The Morgan fingerprint density at radius 3 is 2.04 bits per heavy atom. The van der Waals surface area contributed by atoms with Crippen molar-refractivity contribution in [2.75, 3.05) is 34.9 Å². The zero-order valence-corrected chi connectivity index (χ0v) is 33.1. The lowest BCUT2D eigenvalue weighted by Gasteiger charge is -2.41. The van der Waals surface area contributed by atoms with Crippen LogP contribution in [-0.2, 0) is 28.7 Å². The van der Waals surface area contributed by atoms with Gasteiger partial charge in [0.25, 0.3) is 0 Å². The maximum Gasteiger partial charge on any atom is 0.245 e. The Labute approximate surface area is 306 Å². The van der Waals surface area contributed by atoms with Gasteiger partial charge < -0.3 is 40.3 Å². The number of hydrogen-bond donors (Lipinski definition) is 4. The van der Waals surface area contributed by atoms with E-state index < -0.39 is 48.4 Å². The molecular weight excluding hydrogens is 650 g/mol. The summed E-state index contributed by atoms with van der Waals surface area (Å²) in [7, 11) is 6.57. The second-order valence-electron chi connectivity index (χ2n) is 15.0. The minimum atomic E-state index is -0.875. The van der Waals surface area contributed by atoms with Crippen molar-refractivity contribution in [3.8, 4) is 0 Å². The average molecular weight is 718 g/mol. The van der Waals surface area contributed by atoms with Gasteiger partial charge in [0, 0.05) is 27.8 Å². The van der Waals surface area contributed by atoms with Gasteiger partial charge in [-0.25, -0.2) is 0 Å². The van der Waals surface area contributed by atoms with Crippen molar-refractivity contribution in [2.45, 2.75) is 130 Å². The van der Waals surface area contributed by atoms with Crippen molar-refractivity contribution < 1.29 is 33.8 Å². The number of nitrogens with one attached hydrogen (secondary N) is 3. The van der Waals surface area contributed by atoms with Crippen LogP contribution in [-0.4, -0.2) is 116 Å². The molecular formula is C39H67N5O7. The molecule has 1 saturated heterocycles. The van der Waals surface area contributed by atoms with Crippen LogP contribution < -0.4 is 16.0 Å². The first-order chi connectivity index (χ1) is 24.0. The number of carbonyl (C=O) groups excluding carboxylic acids is 4. The number of benzene rings is 1. The highest BCUT2D eigenvalue weighted by molar-refractivity contribution is 5.90. The van der Waals surface area contributed by atoms with Gasteiger partial charge in [-0.1, -0.05) is 85.2 Å². The Balaban J connectivity index is 2.24. The Morgan fingerprint density at radius 1 is 0.922 bits per heavy atom. The molecule has 4 amide bonds. The largest absolute Gasteiger partial charge is 0.386 e. The van der Waals surface area contributed by atoms with Crippen LogP contribution in [0.3, 0.4) is 0 Å². The number of nitrogens with zero attached hydrogens (tertiary/aromatic N) is 2. The Bertz CT molecular complexity index is 1250. The summed E-state index contributed by atoms with van der Waals surface area (Å²) in [5.74, 6) is -1.62. The Kier molecular flexibility index (Phi) is 18.0. The van der Waals surface area contributed by atoms with Gasteiger partial charge >= 0.3 is 0 Å². The van der Waals surface area contributed by atoms with Crippen molar-refractivity contribution >= 4 is 23.6 Å². The number of ether oxygens (including phenoxy) is 2. The van der Waals surface area contributed by atoms with Gasteiger partial charge in [0.1, 0.15) is 6.04 Å². The second kappa shape index (κ2) is 20.8. The summed E-state index contributed by atoms with van der Waals surface area (Å²) in [6.07, 6.45) is 0.147. The fraction of sp³-hybridized carbons (Fsp3) is 0.744. The maximum atomic E-state index is 14.1. The molecule has 1 fully saturated rings. The van der Waals surface area contributed by atoms with E-state index in [2.05, 4.69) is 16.0 Å². The normalized spacial score (nSPS) is 20.1. The molecule has 12 nitrogen and oxygen atoms in total. The fourth-order valence-corrected chi connectivity index (χ4v) is 7.42.